The first-order valence-corrected chi connectivity index (χ1v) is 7.67. The summed E-state index contributed by atoms with van der Waals surface area (Å²) in [6.45, 7) is 3.59. The Bertz CT molecular complexity index is 514. The number of carboxylic acid groups (broad SMARTS) is 1. The number of carbonyl (C=O) groups excluding carboxylic acids is 1. The van der Waals surface area contributed by atoms with Crippen molar-refractivity contribution in [1.82, 2.24) is 15.6 Å². The number of nitrogens with one attached hydrogen (secondary N) is 2. The van der Waals surface area contributed by atoms with E-state index in [1.165, 1.54) is 12.8 Å². The Hall–Kier alpha value is -1.67. The molecule has 0 aliphatic heterocycles. The van der Waals surface area contributed by atoms with Crippen LogP contribution in [-0.2, 0) is 11.3 Å². The lowest BCUT2D eigenvalue weighted by Gasteiger charge is -2.06. The second-order valence-electron chi connectivity index (χ2n) is 4.96. The van der Waals surface area contributed by atoms with Crippen molar-refractivity contribution < 1.29 is 19.4 Å². The van der Waals surface area contributed by atoms with Crippen molar-refractivity contribution in [2.24, 2.45) is 5.92 Å². The molecule has 2 amide bonds. The highest BCUT2D eigenvalue weighted by atomic mass is 32.1. The molecule has 116 valence electrons. The van der Waals surface area contributed by atoms with E-state index in [0.717, 1.165) is 23.9 Å². The van der Waals surface area contributed by atoms with Crippen LogP contribution in [-0.4, -0.2) is 41.8 Å². The molecule has 7 nitrogen and oxygen atoms in total. The van der Waals surface area contributed by atoms with Crippen molar-refractivity contribution in [3.63, 3.8) is 0 Å². The summed E-state index contributed by atoms with van der Waals surface area (Å²) in [5.74, 6) is -0.274. The summed E-state index contributed by atoms with van der Waals surface area (Å²) >= 11 is 1.07. The van der Waals surface area contributed by atoms with Crippen LogP contribution in [0.1, 0.15) is 33.2 Å². The average molecular weight is 313 g/mol. The predicted molar refractivity (Wildman–Crippen MR) is 77.6 cm³/mol. The van der Waals surface area contributed by atoms with Gasteiger partial charge < -0.3 is 20.5 Å². The van der Waals surface area contributed by atoms with Crippen LogP contribution in [0.5, 0.6) is 0 Å². The largest absolute Gasteiger partial charge is 0.477 e. The highest BCUT2D eigenvalue weighted by Gasteiger charge is 2.20. The molecule has 1 aromatic heterocycles. The van der Waals surface area contributed by atoms with Crippen LogP contribution in [0.4, 0.5) is 4.79 Å². The molecule has 1 aliphatic carbocycles. The minimum atomic E-state index is -0.992. The molecule has 3 N–H and O–H groups in total. The van der Waals surface area contributed by atoms with E-state index in [-0.39, 0.29) is 17.5 Å². The van der Waals surface area contributed by atoms with Crippen LogP contribution in [0, 0.1) is 12.8 Å². The summed E-state index contributed by atoms with van der Waals surface area (Å²) in [4.78, 5) is 26.7. The lowest BCUT2D eigenvalue weighted by Crippen LogP contribution is -2.36. The molecule has 0 atom stereocenters. The van der Waals surface area contributed by atoms with Crippen molar-refractivity contribution in [3.8, 4) is 0 Å². The first kappa shape index (κ1) is 15.7. The molecule has 1 heterocycles. The summed E-state index contributed by atoms with van der Waals surface area (Å²) in [6, 6.07) is -0.310. The van der Waals surface area contributed by atoms with Crippen molar-refractivity contribution in [2.75, 3.05) is 19.8 Å². The molecular weight excluding hydrogens is 294 g/mol. The predicted octanol–water partition coefficient (Wildman–Crippen LogP) is 1.38. The fraction of sp³-hybridized carbons (Fsp3) is 0.615. The number of ether oxygens (including phenoxy) is 1. The maximum Gasteiger partial charge on any atom is 0.347 e. The monoisotopic (exact) mass is 313 g/mol. The summed E-state index contributed by atoms with van der Waals surface area (Å²) in [5, 5.41) is 14.8. The molecule has 0 bridgehead atoms. The molecule has 1 aromatic rings. The van der Waals surface area contributed by atoms with Crippen LogP contribution in [0.2, 0.25) is 0 Å². The smallest absolute Gasteiger partial charge is 0.347 e. The molecule has 1 aliphatic rings. The molecule has 0 unspecified atom stereocenters. The Morgan fingerprint density at radius 3 is 2.81 bits per heavy atom. The van der Waals surface area contributed by atoms with Crippen molar-refractivity contribution >= 4 is 23.3 Å². The van der Waals surface area contributed by atoms with Gasteiger partial charge in [-0.15, -0.1) is 11.3 Å². The van der Waals surface area contributed by atoms with Gasteiger partial charge in [0.05, 0.1) is 18.8 Å². The first-order chi connectivity index (χ1) is 10.1. The molecular formula is C13H19N3O4S. The van der Waals surface area contributed by atoms with E-state index < -0.39 is 5.97 Å². The molecule has 2 rings (SSSR count). The number of thiazole rings is 1. The van der Waals surface area contributed by atoms with Gasteiger partial charge in [-0.3, -0.25) is 0 Å². The summed E-state index contributed by atoms with van der Waals surface area (Å²) in [6.07, 6.45) is 2.50. The van der Waals surface area contributed by atoms with E-state index in [1.54, 1.807) is 6.92 Å². The molecule has 1 fully saturated rings. The van der Waals surface area contributed by atoms with Crippen LogP contribution < -0.4 is 10.6 Å². The van der Waals surface area contributed by atoms with Crippen LogP contribution in [0.3, 0.4) is 0 Å². The minimum Gasteiger partial charge on any atom is -0.477 e. The molecule has 8 heteroatoms. The van der Waals surface area contributed by atoms with Gasteiger partial charge in [-0.05, 0) is 25.7 Å². The zero-order valence-corrected chi connectivity index (χ0v) is 12.7. The van der Waals surface area contributed by atoms with Crippen molar-refractivity contribution in [3.05, 3.63) is 15.6 Å². The number of hydrogen-bond donors (Lipinski definition) is 3. The molecule has 0 aromatic carbocycles. The second kappa shape index (κ2) is 7.37. The Morgan fingerprint density at radius 1 is 1.43 bits per heavy atom. The van der Waals surface area contributed by atoms with E-state index in [0.29, 0.717) is 23.9 Å². The van der Waals surface area contributed by atoms with Crippen molar-refractivity contribution in [2.45, 2.75) is 26.3 Å². The van der Waals surface area contributed by atoms with Crippen LogP contribution in [0.15, 0.2) is 0 Å². The van der Waals surface area contributed by atoms with Gasteiger partial charge in [0.1, 0.15) is 9.88 Å². The number of amides is 2. The number of urea groups is 1. The van der Waals surface area contributed by atoms with Gasteiger partial charge in [0.2, 0.25) is 0 Å². The SMILES string of the molecule is Cc1nc(CNC(=O)NCCOCC2CC2)sc1C(=O)O. The van der Waals surface area contributed by atoms with Gasteiger partial charge in [0.15, 0.2) is 0 Å². The van der Waals surface area contributed by atoms with E-state index in [4.69, 9.17) is 9.84 Å². The van der Waals surface area contributed by atoms with E-state index in [9.17, 15) is 9.59 Å². The second-order valence-corrected chi connectivity index (χ2v) is 6.04. The minimum absolute atomic E-state index is 0.209. The number of aromatic carboxylic acids is 1. The van der Waals surface area contributed by atoms with Crippen LogP contribution in [0.25, 0.3) is 0 Å². The number of aromatic nitrogens is 1. The van der Waals surface area contributed by atoms with Crippen molar-refractivity contribution in [1.29, 1.82) is 0 Å². The molecule has 1 saturated carbocycles. The van der Waals surface area contributed by atoms with Gasteiger partial charge in [0.25, 0.3) is 0 Å². The number of carboxylic acids is 1. The van der Waals surface area contributed by atoms with Gasteiger partial charge in [-0.2, -0.15) is 0 Å². The third-order valence-corrected chi connectivity index (χ3v) is 4.16. The highest BCUT2D eigenvalue weighted by Crippen LogP contribution is 2.28. The Balaban J connectivity index is 1.61. The fourth-order valence-corrected chi connectivity index (χ4v) is 2.56. The molecule has 0 radical (unpaired) electrons. The van der Waals surface area contributed by atoms with Gasteiger partial charge in [-0.25, -0.2) is 14.6 Å². The highest BCUT2D eigenvalue weighted by molar-refractivity contribution is 7.13. The van der Waals surface area contributed by atoms with Gasteiger partial charge in [0, 0.05) is 13.2 Å². The molecule has 21 heavy (non-hydrogen) atoms. The zero-order chi connectivity index (χ0) is 15.2. The first-order valence-electron chi connectivity index (χ1n) is 6.85. The van der Waals surface area contributed by atoms with Gasteiger partial charge in [-0.1, -0.05) is 0 Å². The fourth-order valence-electron chi connectivity index (χ4n) is 1.72. The molecule has 0 saturated heterocycles. The number of aryl methyl sites for hydroxylation is 1. The third-order valence-electron chi connectivity index (χ3n) is 3.02. The summed E-state index contributed by atoms with van der Waals surface area (Å²) < 4.78 is 5.40. The maximum atomic E-state index is 11.5. The quantitative estimate of drug-likeness (QED) is 0.629. The maximum absolute atomic E-state index is 11.5. The Labute approximate surface area is 126 Å². The molecule has 0 spiro atoms. The topological polar surface area (TPSA) is 101 Å². The lowest BCUT2D eigenvalue weighted by atomic mass is 10.4. The standard InChI is InChI=1S/C13H19N3O4S/c1-8-11(12(17)18)21-10(16-8)6-15-13(19)14-4-5-20-7-9-2-3-9/h9H,2-7H2,1H3,(H,17,18)(H2,14,15,19). The number of rotatable bonds is 8. The Morgan fingerprint density at radius 2 is 2.19 bits per heavy atom. The van der Waals surface area contributed by atoms with E-state index in [2.05, 4.69) is 15.6 Å². The zero-order valence-electron chi connectivity index (χ0n) is 11.8. The average Bonchev–Trinajstić information content (AvgIpc) is 3.17. The normalized spacial score (nSPS) is 14.0. The number of nitrogens with zero attached hydrogens (tertiary/aromatic N) is 1. The number of hydrogen-bond acceptors (Lipinski definition) is 5. The third kappa shape index (κ3) is 5.31. The van der Waals surface area contributed by atoms with Gasteiger partial charge >= 0.3 is 12.0 Å². The van der Waals surface area contributed by atoms with E-state index in [1.807, 2.05) is 0 Å². The Kier molecular flexibility index (Phi) is 5.51. The van der Waals surface area contributed by atoms with Crippen LogP contribution >= 0.6 is 11.3 Å². The lowest BCUT2D eigenvalue weighted by molar-refractivity contribution is 0.0701. The number of carbonyl (C=O) groups is 2. The van der Waals surface area contributed by atoms with E-state index >= 15 is 0 Å². The summed E-state index contributed by atoms with van der Waals surface area (Å²) in [7, 11) is 0. The summed E-state index contributed by atoms with van der Waals surface area (Å²) in [5.41, 5.74) is 0.471.